The fraction of sp³-hybridized carbons (Fsp3) is 0.533. The summed E-state index contributed by atoms with van der Waals surface area (Å²) in [6, 6.07) is 3.12. The van der Waals surface area contributed by atoms with Gasteiger partial charge in [-0.2, -0.15) is 0 Å². The lowest BCUT2D eigenvalue weighted by atomic mass is 10.1. The zero-order chi connectivity index (χ0) is 15.9. The minimum absolute atomic E-state index is 0.0123. The largest absolute Gasteiger partial charge is 0.454 e. The molecule has 1 fully saturated rings. The van der Waals surface area contributed by atoms with Crippen LogP contribution in [0.15, 0.2) is 12.1 Å². The van der Waals surface area contributed by atoms with Crippen molar-refractivity contribution in [3.8, 4) is 11.5 Å². The molecular weight excluding hydrogens is 308 g/mol. The smallest absolute Gasteiger partial charge is 0.322 e. The Morgan fingerprint density at radius 3 is 2.73 bits per heavy atom. The molecule has 1 aromatic carbocycles. The third-order valence-corrected chi connectivity index (χ3v) is 3.87. The van der Waals surface area contributed by atoms with E-state index < -0.39 is 0 Å². The van der Waals surface area contributed by atoms with Crippen molar-refractivity contribution in [2.24, 2.45) is 0 Å². The number of morpholine rings is 1. The molecule has 0 aromatic heterocycles. The third kappa shape index (κ3) is 3.08. The second-order valence-electron chi connectivity index (χ2n) is 6.18. The molecular formula is C15H19ClN2O4. The lowest BCUT2D eigenvalue weighted by Crippen LogP contribution is -2.54. The van der Waals surface area contributed by atoms with E-state index in [9.17, 15) is 4.79 Å². The number of urea groups is 1. The van der Waals surface area contributed by atoms with E-state index in [1.807, 2.05) is 20.8 Å². The van der Waals surface area contributed by atoms with Crippen molar-refractivity contribution in [3.05, 3.63) is 17.2 Å². The Balaban J connectivity index is 1.74. The van der Waals surface area contributed by atoms with Gasteiger partial charge in [0, 0.05) is 18.7 Å². The first-order chi connectivity index (χ1) is 10.3. The number of hydrogen-bond donors (Lipinski definition) is 1. The second kappa shape index (κ2) is 5.52. The molecule has 1 saturated heterocycles. The van der Waals surface area contributed by atoms with Gasteiger partial charge in [-0.1, -0.05) is 11.6 Å². The minimum atomic E-state index is -0.367. The average molecular weight is 327 g/mol. The molecule has 1 unspecified atom stereocenters. The van der Waals surface area contributed by atoms with Crippen LogP contribution in [0.3, 0.4) is 0 Å². The van der Waals surface area contributed by atoms with E-state index in [2.05, 4.69) is 5.32 Å². The van der Waals surface area contributed by atoms with Crippen LogP contribution in [0.1, 0.15) is 20.8 Å². The summed E-state index contributed by atoms with van der Waals surface area (Å²) in [5.74, 6) is 1.17. The summed E-state index contributed by atoms with van der Waals surface area (Å²) in [5, 5.41) is 3.25. The molecule has 1 aromatic rings. The van der Waals surface area contributed by atoms with E-state index in [4.69, 9.17) is 25.8 Å². The van der Waals surface area contributed by atoms with E-state index in [1.165, 1.54) is 0 Å². The third-order valence-electron chi connectivity index (χ3n) is 3.56. The number of halogens is 1. The Hall–Kier alpha value is -1.66. The number of anilines is 1. The summed E-state index contributed by atoms with van der Waals surface area (Å²) in [7, 11) is 0. The van der Waals surface area contributed by atoms with Crippen molar-refractivity contribution >= 4 is 23.3 Å². The van der Waals surface area contributed by atoms with Crippen molar-refractivity contribution in [3.63, 3.8) is 0 Å². The SMILES string of the molecule is CC1CN(C(=O)Nc2cc3c(cc2Cl)OCO3)CC(C)(C)O1. The van der Waals surface area contributed by atoms with Crippen LogP contribution < -0.4 is 14.8 Å². The summed E-state index contributed by atoms with van der Waals surface area (Å²) >= 11 is 6.18. The molecule has 7 heteroatoms. The van der Waals surface area contributed by atoms with Gasteiger partial charge in [-0.25, -0.2) is 4.79 Å². The highest BCUT2D eigenvalue weighted by Crippen LogP contribution is 2.39. The van der Waals surface area contributed by atoms with E-state index in [1.54, 1.807) is 17.0 Å². The summed E-state index contributed by atoms with van der Waals surface area (Å²) in [4.78, 5) is 14.2. The number of fused-ring (bicyclic) bond motifs is 1. The molecule has 0 spiro atoms. The van der Waals surface area contributed by atoms with Crippen LogP contribution in [0, 0.1) is 0 Å². The van der Waals surface area contributed by atoms with Crippen molar-refractivity contribution in [1.29, 1.82) is 0 Å². The molecule has 0 aliphatic carbocycles. The van der Waals surface area contributed by atoms with Crippen molar-refractivity contribution < 1.29 is 19.0 Å². The van der Waals surface area contributed by atoms with Gasteiger partial charge in [0.15, 0.2) is 11.5 Å². The molecule has 22 heavy (non-hydrogen) atoms. The van der Waals surface area contributed by atoms with E-state index in [-0.39, 0.29) is 24.5 Å². The Kier molecular flexibility index (Phi) is 3.82. The first-order valence-electron chi connectivity index (χ1n) is 7.17. The minimum Gasteiger partial charge on any atom is -0.454 e. The number of nitrogens with zero attached hydrogens (tertiary/aromatic N) is 1. The normalized spacial score (nSPS) is 22.5. The van der Waals surface area contributed by atoms with E-state index in [0.29, 0.717) is 35.3 Å². The molecule has 0 radical (unpaired) electrons. The first-order valence-corrected chi connectivity index (χ1v) is 7.55. The van der Waals surface area contributed by atoms with Crippen LogP contribution in [-0.4, -0.2) is 42.5 Å². The molecule has 2 aliphatic heterocycles. The zero-order valence-corrected chi connectivity index (χ0v) is 13.6. The number of benzene rings is 1. The standard InChI is InChI=1S/C15H19ClN2O4/c1-9-6-18(7-15(2,3)22-9)14(19)17-11-5-13-12(4-10(11)16)20-8-21-13/h4-5,9H,6-8H2,1-3H3,(H,17,19). The number of hydrogen-bond acceptors (Lipinski definition) is 4. The van der Waals surface area contributed by atoms with Gasteiger partial charge in [-0.05, 0) is 20.8 Å². The average Bonchev–Trinajstić information content (AvgIpc) is 2.83. The van der Waals surface area contributed by atoms with Gasteiger partial charge in [-0.3, -0.25) is 0 Å². The molecule has 0 saturated carbocycles. The van der Waals surface area contributed by atoms with Crippen molar-refractivity contribution in [1.82, 2.24) is 4.90 Å². The molecule has 2 heterocycles. The number of amides is 2. The molecule has 6 nitrogen and oxygen atoms in total. The summed E-state index contributed by atoms with van der Waals surface area (Å²) in [6.07, 6.45) is -0.0123. The Labute approximate surface area is 134 Å². The Bertz CT molecular complexity index is 605. The van der Waals surface area contributed by atoms with Crippen LogP contribution in [0.5, 0.6) is 11.5 Å². The molecule has 2 aliphatic rings. The molecule has 1 N–H and O–H groups in total. The summed E-state index contributed by atoms with van der Waals surface area (Å²) in [5.41, 5.74) is 0.140. The highest BCUT2D eigenvalue weighted by molar-refractivity contribution is 6.34. The van der Waals surface area contributed by atoms with Gasteiger partial charge >= 0.3 is 6.03 Å². The van der Waals surface area contributed by atoms with Gasteiger partial charge in [0.1, 0.15) is 0 Å². The molecule has 2 amide bonds. The zero-order valence-electron chi connectivity index (χ0n) is 12.8. The van der Waals surface area contributed by atoms with Gasteiger partial charge in [0.2, 0.25) is 6.79 Å². The molecule has 120 valence electrons. The van der Waals surface area contributed by atoms with Crippen LogP contribution in [0.25, 0.3) is 0 Å². The van der Waals surface area contributed by atoms with E-state index in [0.717, 1.165) is 0 Å². The molecule has 3 rings (SSSR count). The molecule has 1 atom stereocenters. The van der Waals surface area contributed by atoms with Gasteiger partial charge in [0.05, 0.1) is 29.0 Å². The van der Waals surface area contributed by atoms with Crippen LogP contribution in [0.4, 0.5) is 10.5 Å². The van der Waals surface area contributed by atoms with Gasteiger partial charge < -0.3 is 24.4 Å². The highest BCUT2D eigenvalue weighted by Gasteiger charge is 2.34. The number of carbonyl (C=O) groups excluding carboxylic acids is 1. The highest BCUT2D eigenvalue weighted by atomic mass is 35.5. The number of rotatable bonds is 1. The predicted octanol–water partition coefficient (Wildman–Crippen LogP) is 3.10. The summed E-state index contributed by atoms with van der Waals surface area (Å²) in [6.45, 7) is 7.11. The van der Waals surface area contributed by atoms with Crippen LogP contribution in [-0.2, 0) is 4.74 Å². The fourth-order valence-electron chi connectivity index (χ4n) is 2.82. The van der Waals surface area contributed by atoms with Crippen LogP contribution >= 0.6 is 11.6 Å². The maximum absolute atomic E-state index is 12.5. The number of ether oxygens (including phenoxy) is 3. The lowest BCUT2D eigenvalue weighted by molar-refractivity contribution is -0.116. The number of nitrogens with one attached hydrogen (secondary N) is 1. The fourth-order valence-corrected chi connectivity index (χ4v) is 3.02. The quantitative estimate of drug-likeness (QED) is 0.861. The van der Waals surface area contributed by atoms with Gasteiger partial charge in [-0.15, -0.1) is 0 Å². The maximum atomic E-state index is 12.5. The van der Waals surface area contributed by atoms with Gasteiger partial charge in [0.25, 0.3) is 0 Å². The molecule has 0 bridgehead atoms. The van der Waals surface area contributed by atoms with Crippen molar-refractivity contribution in [2.45, 2.75) is 32.5 Å². The Morgan fingerprint density at radius 2 is 2.05 bits per heavy atom. The first kappa shape index (κ1) is 15.2. The van der Waals surface area contributed by atoms with E-state index >= 15 is 0 Å². The Morgan fingerprint density at radius 1 is 1.36 bits per heavy atom. The monoisotopic (exact) mass is 326 g/mol. The maximum Gasteiger partial charge on any atom is 0.322 e. The predicted molar refractivity (Wildman–Crippen MR) is 82.8 cm³/mol. The summed E-state index contributed by atoms with van der Waals surface area (Å²) < 4.78 is 16.4. The van der Waals surface area contributed by atoms with Crippen molar-refractivity contribution in [2.75, 3.05) is 25.2 Å². The second-order valence-corrected chi connectivity index (χ2v) is 6.59. The number of carbonyl (C=O) groups is 1. The van der Waals surface area contributed by atoms with Crippen LogP contribution in [0.2, 0.25) is 5.02 Å². The topological polar surface area (TPSA) is 60.0 Å². The lowest BCUT2D eigenvalue weighted by Gasteiger charge is -2.41.